The van der Waals surface area contributed by atoms with Gasteiger partial charge in [0.25, 0.3) is 0 Å². The molecular weight excluding hydrogens is 334 g/mol. The van der Waals surface area contributed by atoms with E-state index in [1.165, 1.54) is 4.57 Å². The van der Waals surface area contributed by atoms with Crippen LogP contribution in [0.3, 0.4) is 0 Å². The van der Waals surface area contributed by atoms with E-state index in [9.17, 15) is 4.79 Å². The van der Waals surface area contributed by atoms with Gasteiger partial charge in [-0.05, 0) is 46.0 Å². The summed E-state index contributed by atoms with van der Waals surface area (Å²) < 4.78 is 1.33. The second kappa shape index (κ2) is 5.88. The summed E-state index contributed by atoms with van der Waals surface area (Å²) in [5.74, 6) is 0. The number of carbonyl (C=O) groups is 1. The molecule has 0 spiro atoms. The SMILES string of the molecule is N=c1c2cc3ccccc3cc2c(-c2cccc3ncccc23)cn1C=O. The molecule has 27 heavy (non-hydrogen) atoms. The van der Waals surface area contributed by atoms with Gasteiger partial charge < -0.3 is 0 Å². The Kier molecular flexibility index (Phi) is 3.37. The van der Waals surface area contributed by atoms with E-state index in [1.807, 2.05) is 54.6 Å². The molecule has 0 saturated carbocycles. The van der Waals surface area contributed by atoms with Gasteiger partial charge in [-0.2, -0.15) is 0 Å². The Morgan fingerprint density at radius 2 is 1.59 bits per heavy atom. The Balaban J connectivity index is 1.99. The van der Waals surface area contributed by atoms with E-state index >= 15 is 0 Å². The van der Waals surface area contributed by atoms with Gasteiger partial charge in [-0.1, -0.05) is 42.5 Å². The van der Waals surface area contributed by atoms with Gasteiger partial charge in [0, 0.05) is 28.7 Å². The molecule has 0 aliphatic carbocycles. The number of aromatic nitrogens is 2. The van der Waals surface area contributed by atoms with Gasteiger partial charge in [0.1, 0.15) is 5.49 Å². The third-order valence-electron chi connectivity index (χ3n) is 5.01. The zero-order valence-electron chi connectivity index (χ0n) is 14.4. The van der Waals surface area contributed by atoms with Crippen LogP contribution in [-0.2, 0) is 4.79 Å². The molecule has 0 fully saturated rings. The molecular formula is C23H15N3O. The normalized spacial score (nSPS) is 11.3. The molecule has 128 valence electrons. The fraction of sp³-hybridized carbons (Fsp3) is 0. The van der Waals surface area contributed by atoms with Crippen molar-refractivity contribution < 1.29 is 4.79 Å². The molecule has 0 atom stereocenters. The number of nitrogens with one attached hydrogen (secondary N) is 1. The standard InChI is InChI=1S/C23H15N3O/c24-23-20-12-16-6-2-1-5-15(16)11-19(20)21(13-26(23)14-27)17-7-3-9-22-18(17)8-4-10-25-22/h1-14,24H. The summed E-state index contributed by atoms with van der Waals surface area (Å²) in [6, 6.07) is 22.1. The van der Waals surface area contributed by atoms with E-state index in [-0.39, 0.29) is 5.49 Å². The van der Waals surface area contributed by atoms with Crippen molar-refractivity contribution in [3.05, 3.63) is 84.6 Å². The van der Waals surface area contributed by atoms with Crippen LogP contribution in [0, 0.1) is 5.41 Å². The van der Waals surface area contributed by atoms with Gasteiger partial charge in [-0.25, -0.2) is 0 Å². The Hall–Kier alpha value is -3.79. The van der Waals surface area contributed by atoms with Crippen molar-refractivity contribution in [2.24, 2.45) is 0 Å². The molecule has 0 amide bonds. The van der Waals surface area contributed by atoms with Crippen LogP contribution in [0.25, 0.3) is 43.6 Å². The highest BCUT2D eigenvalue weighted by molar-refractivity contribution is 6.08. The first-order chi connectivity index (χ1) is 13.3. The van der Waals surface area contributed by atoms with Crippen molar-refractivity contribution in [3.63, 3.8) is 0 Å². The first-order valence-corrected chi connectivity index (χ1v) is 8.68. The smallest absolute Gasteiger partial charge is 0.219 e. The van der Waals surface area contributed by atoms with Gasteiger partial charge in [0.05, 0.1) is 5.52 Å². The minimum Gasteiger partial charge on any atom is -0.283 e. The predicted octanol–water partition coefficient (Wildman–Crippen LogP) is 4.53. The molecule has 0 unspecified atom stereocenters. The fourth-order valence-electron chi connectivity index (χ4n) is 3.71. The van der Waals surface area contributed by atoms with Crippen molar-refractivity contribution in [1.82, 2.24) is 9.55 Å². The number of carbonyl (C=O) groups excluding carboxylic acids is 1. The summed E-state index contributed by atoms with van der Waals surface area (Å²) in [7, 11) is 0. The van der Waals surface area contributed by atoms with E-state index in [0.29, 0.717) is 6.41 Å². The van der Waals surface area contributed by atoms with Gasteiger partial charge in [-0.15, -0.1) is 0 Å². The largest absolute Gasteiger partial charge is 0.283 e. The maximum Gasteiger partial charge on any atom is 0.219 e. The van der Waals surface area contributed by atoms with Crippen molar-refractivity contribution in [1.29, 1.82) is 5.41 Å². The molecule has 0 aliphatic rings. The molecule has 0 bridgehead atoms. The maximum absolute atomic E-state index is 11.6. The molecule has 5 aromatic rings. The summed E-state index contributed by atoms with van der Waals surface area (Å²) in [6.07, 6.45) is 4.20. The van der Waals surface area contributed by atoms with Crippen LogP contribution in [0.1, 0.15) is 0 Å². The van der Waals surface area contributed by atoms with Gasteiger partial charge >= 0.3 is 0 Å². The summed E-state index contributed by atoms with van der Waals surface area (Å²) in [5, 5.41) is 13.3. The van der Waals surface area contributed by atoms with E-state index in [0.717, 1.165) is 43.6 Å². The Labute approximate surface area is 154 Å². The van der Waals surface area contributed by atoms with E-state index < -0.39 is 0 Å². The second-order valence-corrected chi connectivity index (χ2v) is 6.52. The first-order valence-electron chi connectivity index (χ1n) is 8.68. The van der Waals surface area contributed by atoms with Crippen molar-refractivity contribution in [2.45, 2.75) is 0 Å². The van der Waals surface area contributed by atoms with E-state index in [2.05, 4.69) is 17.1 Å². The molecule has 0 aliphatic heterocycles. The van der Waals surface area contributed by atoms with Crippen LogP contribution >= 0.6 is 0 Å². The molecule has 5 rings (SSSR count). The van der Waals surface area contributed by atoms with Gasteiger partial charge in [0.15, 0.2) is 0 Å². The zero-order valence-corrected chi connectivity index (χ0v) is 14.4. The minimum atomic E-state index is 0.188. The van der Waals surface area contributed by atoms with Crippen LogP contribution in [0.2, 0.25) is 0 Å². The van der Waals surface area contributed by atoms with Crippen LogP contribution in [0.15, 0.2) is 79.1 Å². The average Bonchev–Trinajstić information content (AvgIpc) is 2.73. The topological polar surface area (TPSA) is 58.7 Å². The highest BCUT2D eigenvalue weighted by Gasteiger charge is 2.12. The molecule has 4 nitrogen and oxygen atoms in total. The number of rotatable bonds is 2. The quantitative estimate of drug-likeness (QED) is 0.376. The lowest BCUT2D eigenvalue weighted by molar-refractivity contribution is 0.545. The summed E-state index contributed by atoms with van der Waals surface area (Å²) in [6.45, 7) is 0. The predicted molar refractivity (Wildman–Crippen MR) is 108 cm³/mol. The first kappa shape index (κ1) is 15.5. The lowest BCUT2D eigenvalue weighted by Crippen LogP contribution is -2.19. The molecule has 0 radical (unpaired) electrons. The highest BCUT2D eigenvalue weighted by atomic mass is 16.1. The third kappa shape index (κ3) is 2.34. The number of benzene rings is 3. The zero-order chi connectivity index (χ0) is 18.4. The van der Waals surface area contributed by atoms with E-state index in [1.54, 1.807) is 12.4 Å². The summed E-state index contributed by atoms with van der Waals surface area (Å²) >= 11 is 0. The summed E-state index contributed by atoms with van der Waals surface area (Å²) in [5.41, 5.74) is 3.00. The van der Waals surface area contributed by atoms with Crippen molar-refractivity contribution >= 4 is 38.9 Å². The van der Waals surface area contributed by atoms with Crippen molar-refractivity contribution in [2.75, 3.05) is 0 Å². The lowest BCUT2D eigenvalue weighted by atomic mass is 9.95. The number of fused-ring (bicyclic) bond motifs is 3. The van der Waals surface area contributed by atoms with Gasteiger partial charge in [0.2, 0.25) is 6.41 Å². The number of hydrogen-bond donors (Lipinski definition) is 1. The van der Waals surface area contributed by atoms with Crippen LogP contribution in [-0.4, -0.2) is 16.0 Å². The minimum absolute atomic E-state index is 0.188. The monoisotopic (exact) mass is 349 g/mol. The van der Waals surface area contributed by atoms with E-state index in [4.69, 9.17) is 5.41 Å². The molecule has 3 aromatic carbocycles. The molecule has 2 heterocycles. The van der Waals surface area contributed by atoms with Crippen LogP contribution in [0.5, 0.6) is 0 Å². The lowest BCUT2D eigenvalue weighted by Gasteiger charge is -2.13. The van der Waals surface area contributed by atoms with Crippen LogP contribution in [0.4, 0.5) is 0 Å². The Morgan fingerprint density at radius 3 is 2.37 bits per heavy atom. The molecule has 4 heteroatoms. The molecule has 0 saturated heterocycles. The highest BCUT2D eigenvalue weighted by Crippen LogP contribution is 2.33. The third-order valence-corrected chi connectivity index (χ3v) is 5.01. The number of pyridine rings is 2. The van der Waals surface area contributed by atoms with Gasteiger partial charge in [-0.3, -0.25) is 19.8 Å². The number of nitrogens with zero attached hydrogens (tertiary/aromatic N) is 2. The maximum atomic E-state index is 11.6. The Bertz CT molecular complexity index is 1410. The molecule has 2 aromatic heterocycles. The van der Waals surface area contributed by atoms with Crippen molar-refractivity contribution in [3.8, 4) is 11.1 Å². The fourth-order valence-corrected chi connectivity index (χ4v) is 3.71. The second-order valence-electron chi connectivity index (χ2n) is 6.52. The van der Waals surface area contributed by atoms with Crippen LogP contribution < -0.4 is 5.49 Å². The average molecular weight is 349 g/mol. The molecule has 1 N–H and O–H groups in total. The Morgan fingerprint density at radius 1 is 0.815 bits per heavy atom. The number of hydrogen-bond acceptors (Lipinski definition) is 3. The summed E-state index contributed by atoms with van der Waals surface area (Å²) in [4.78, 5) is 16.1.